The summed E-state index contributed by atoms with van der Waals surface area (Å²) in [5, 5.41) is -0.0414. The van der Waals surface area contributed by atoms with Crippen LogP contribution in [0.4, 0.5) is 10.2 Å². The van der Waals surface area contributed by atoms with Crippen LogP contribution in [0.1, 0.15) is 29.6 Å². The molecule has 2 saturated heterocycles. The molecule has 1 atom stereocenters. The molecule has 5 rings (SSSR count). The molecule has 1 aromatic carbocycles. The van der Waals surface area contributed by atoms with E-state index in [1.165, 1.54) is 12.1 Å². The van der Waals surface area contributed by atoms with Gasteiger partial charge in [-0.2, -0.15) is 0 Å². The highest BCUT2D eigenvalue weighted by molar-refractivity contribution is 6.31. The Kier molecular flexibility index (Phi) is 5.53. The molecule has 2 aliphatic heterocycles. The maximum atomic E-state index is 14.2. The number of anilines is 1. The van der Waals surface area contributed by atoms with Crippen LogP contribution >= 0.6 is 11.6 Å². The number of hydrogen-bond donors (Lipinski definition) is 0. The van der Waals surface area contributed by atoms with Gasteiger partial charge in [0.2, 0.25) is 5.91 Å². The number of pyridine rings is 1. The number of halogens is 2. The molecule has 168 valence electrons. The summed E-state index contributed by atoms with van der Waals surface area (Å²) in [5.41, 5.74) is 0.0152. The lowest BCUT2D eigenvalue weighted by molar-refractivity contribution is -0.134. The highest BCUT2D eigenvalue weighted by Crippen LogP contribution is 2.60. The zero-order valence-electron chi connectivity index (χ0n) is 17.8. The number of amides is 2. The first kappa shape index (κ1) is 21.2. The molecule has 1 unspecified atom stereocenters. The number of rotatable bonds is 3. The lowest BCUT2D eigenvalue weighted by atomic mass is 9.90. The number of hydrogen-bond acceptors (Lipinski definition) is 4. The number of carbonyl (C=O) groups is 2. The average molecular weight is 457 g/mol. The summed E-state index contributed by atoms with van der Waals surface area (Å²) in [6.07, 6.45) is 4.25. The zero-order valence-corrected chi connectivity index (χ0v) is 18.6. The average Bonchev–Trinajstić information content (AvgIpc) is 3.54. The van der Waals surface area contributed by atoms with Crippen molar-refractivity contribution in [2.75, 3.05) is 44.2 Å². The molecule has 0 bridgehead atoms. The van der Waals surface area contributed by atoms with E-state index in [4.69, 9.17) is 11.6 Å². The molecule has 8 heteroatoms. The van der Waals surface area contributed by atoms with Crippen molar-refractivity contribution < 1.29 is 14.0 Å². The van der Waals surface area contributed by atoms with Crippen molar-refractivity contribution in [1.82, 2.24) is 14.8 Å². The van der Waals surface area contributed by atoms with Crippen molar-refractivity contribution in [3.63, 3.8) is 0 Å². The molecular formula is C24H26ClFN4O2. The molecule has 2 aromatic rings. The van der Waals surface area contributed by atoms with Gasteiger partial charge in [0.25, 0.3) is 5.91 Å². The summed E-state index contributed by atoms with van der Waals surface area (Å²) in [6, 6.07) is 10.4. The van der Waals surface area contributed by atoms with Crippen molar-refractivity contribution in [3.8, 4) is 0 Å². The van der Waals surface area contributed by atoms with Gasteiger partial charge in [-0.05, 0) is 48.9 Å². The van der Waals surface area contributed by atoms with E-state index in [0.717, 1.165) is 38.2 Å². The minimum atomic E-state index is -0.663. The number of likely N-dealkylation sites (tertiary alicyclic amines) is 1. The van der Waals surface area contributed by atoms with E-state index in [1.54, 1.807) is 17.2 Å². The van der Waals surface area contributed by atoms with Gasteiger partial charge in [-0.15, -0.1) is 0 Å². The smallest absolute Gasteiger partial charge is 0.256 e. The number of benzene rings is 1. The number of carbonyl (C=O) groups excluding carboxylic acids is 2. The third-order valence-electron chi connectivity index (χ3n) is 7.28. The highest BCUT2D eigenvalue weighted by Gasteiger charge is 2.59. The first-order valence-corrected chi connectivity index (χ1v) is 11.5. The van der Waals surface area contributed by atoms with Crippen LogP contribution < -0.4 is 4.90 Å². The Hall–Kier alpha value is -2.67. The molecular weight excluding hydrogens is 431 g/mol. The fourth-order valence-electron chi connectivity index (χ4n) is 5.16. The molecule has 32 heavy (non-hydrogen) atoms. The summed E-state index contributed by atoms with van der Waals surface area (Å²) < 4.78 is 14.2. The maximum absolute atomic E-state index is 14.2. The molecule has 3 aliphatic rings. The van der Waals surface area contributed by atoms with Gasteiger partial charge in [0.1, 0.15) is 5.82 Å². The van der Waals surface area contributed by atoms with Crippen LogP contribution in [-0.4, -0.2) is 65.9 Å². The molecule has 6 nitrogen and oxygen atoms in total. The molecule has 3 heterocycles. The van der Waals surface area contributed by atoms with Crippen LogP contribution in [0.15, 0.2) is 42.6 Å². The predicted molar refractivity (Wildman–Crippen MR) is 120 cm³/mol. The lowest BCUT2D eigenvalue weighted by Gasteiger charge is -2.37. The van der Waals surface area contributed by atoms with Crippen LogP contribution in [-0.2, 0) is 4.79 Å². The second kappa shape index (κ2) is 8.35. The third kappa shape index (κ3) is 3.83. The molecule has 0 N–H and O–H groups in total. The van der Waals surface area contributed by atoms with E-state index >= 15 is 0 Å². The number of aromatic nitrogens is 1. The van der Waals surface area contributed by atoms with Crippen molar-refractivity contribution in [2.24, 2.45) is 11.3 Å². The predicted octanol–water partition coefficient (Wildman–Crippen LogP) is 3.47. The number of nitrogens with zero attached hydrogens (tertiary/aromatic N) is 4. The van der Waals surface area contributed by atoms with Crippen LogP contribution in [0.3, 0.4) is 0 Å². The number of piperazine rings is 1. The Morgan fingerprint density at radius 2 is 1.72 bits per heavy atom. The maximum Gasteiger partial charge on any atom is 0.256 e. The Bertz CT molecular complexity index is 1020. The van der Waals surface area contributed by atoms with Crippen LogP contribution in [0, 0.1) is 17.2 Å². The zero-order chi connectivity index (χ0) is 22.3. The number of piperidine rings is 1. The van der Waals surface area contributed by atoms with Gasteiger partial charge in [-0.25, -0.2) is 9.37 Å². The minimum Gasteiger partial charge on any atom is -0.353 e. The van der Waals surface area contributed by atoms with Crippen molar-refractivity contribution in [2.45, 2.75) is 19.3 Å². The summed E-state index contributed by atoms with van der Waals surface area (Å²) in [7, 11) is 0. The van der Waals surface area contributed by atoms with E-state index in [1.807, 2.05) is 23.1 Å². The Balaban J connectivity index is 1.15. The van der Waals surface area contributed by atoms with Gasteiger partial charge in [-0.1, -0.05) is 23.7 Å². The fraction of sp³-hybridized carbons (Fsp3) is 0.458. The first-order chi connectivity index (χ1) is 15.5. The second-order valence-electron chi connectivity index (χ2n) is 9.01. The molecule has 1 saturated carbocycles. The molecule has 1 spiro atoms. The van der Waals surface area contributed by atoms with Crippen LogP contribution in [0.5, 0.6) is 0 Å². The van der Waals surface area contributed by atoms with E-state index in [0.29, 0.717) is 26.2 Å². The Morgan fingerprint density at radius 1 is 0.969 bits per heavy atom. The summed E-state index contributed by atoms with van der Waals surface area (Å²) in [4.78, 5) is 36.2. The standard InChI is InChI=1S/C24H26ClFN4O2/c25-19-5-3-4-17(21(19)26)22(31)29-10-7-24(8-11-29)16-18(24)23(32)30-14-12-28(13-15-30)20-6-1-2-9-27-20/h1-6,9,18H,7-8,10-16H2. The van der Waals surface area contributed by atoms with E-state index < -0.39 is 5.82 Å². The third-order valence-corrected chi connectivity index (χ3v) is 7.57. The SMILES string of the molecule is O=C(c1cccc(Cl)c1F)N1CCC2(CC1)CC2C(=O)N1CCN(c2ccccn2)CC1. The Labute approximate surface area is 192 Å². The summed E-state index contributed by atoms with van der Waals surface area (Å²) in [5.74, 6) is 0.254. The van der Waals surface area contributed by atoms with Gasteiger partial charge in [-0.3, -0.25) is 9.59 Å². The van der Waals surface area contributed by atoms with Crippen molar-refractivity contribution in [3.05, 3.63) is 59.0 Å². The highest BCUT2D eigenvalue weighted by atomic mass is 35.5. The molecule has 1 aliphatic carbocycles. The van der Waals surface area contributed by atoms with E-state index in [9.17, 15) is 14.0 Å². The topological polar surface area (TPSA) is 56.8 Å². The molecule has 0 radical (unpaired) electrons. The van der Waals surface area contributed by atoms with E-state index in [-0.39, 0.29) is 33.7 Å². The fourth-order valence-corrected chi connectivity index (χ4v) is 5.34. The van der Waals surface area contributed by atoms with E-state index in [2.05, 4.69) is 9.88 Å². The minimum absolute atomic E-state index is 0.00113. The molecule has 3 fully saturated rings. The van der Waals surface area contributed by atoms with Gasteiger partial charge in [0.15, 0.2) is 5.82 Å². The normalized spacial score (nSPS) is 22.2. The summed E-state index contributed by atoms with van der Waals surface area (Å²) in [6.45, 7) is 4.08. The van der Waals surface area contributed by atoms with Crippen molar-refractivity contribution >= 4 is 29.2 Å². The monoisotopic (exact) mass is 456 g/mol. The second-order valence-corrected chi connectivity index (χ2v) is 9.42. The van der Waals surface area contributed by atoms with Gasteiger partial charge < -0.3 is 14.7 Å². The van der Waals surface area contributed by atoms with Gasteiger partial charge in [0.05, 0.1) is 10.6 Å². The molecule has 2 amide bonds. The van der Waals surface area contributed by atoms with Crippen LogP contribution in [0.2, 0.25) is 5.02 Å². The largest absolute Gasteiger partial charge is 0.353 e. The Morgan fingerprint density at radius 3 is 2.41 bits per heavy atom. The van der Waals surface area contributed by atoms with Crippen LogP contribution in [0.25, 0.3) is 0 Å². The summed E-state index contributed by atoms with van der Waals surface area (Å²) >= 11 is 5.83. The van der Waals surface area contributed by atoms with Gasteiger partial charge in [0, 0.05) is 51.4 Å². The van der Waals surface area contributed by atoms with Crippen molar-refractivity contribution in [1.29, 1.82) is 0 Å². The molecule has 1 aromatic heterocycles. The lowest BCUT2D eigenvalue weighted by Crippen LogP contribution is -2.50. The quantitative estimate of drug-likeness (QED) is 0.709. The van der Waals surface area contributed by atoms with Gasteiger partial charge >= 0.3 is 0 Å². The first-order valence-electron chi connectivity index (χ1n) is 11.2.